The van der Waals surface area contributed by atoms with E-state index in [9.17, 15) is 4.79 Å². The number of nitrogens with one attached hydrogen (secondary N) is 1. The second kappa shape index (κ2) is 8.31. The van der Waals surface area contributed by atoms with Crippen molar-refractivity contribution in [3.05, 3.63) is 56.6 Å². The molecule has 0 fully saturated rings. The molecule has 0 aliphatic rings. The first-order valence-corrected chi connectivity index (χ1v) is 10.8. The fraction of sp³-hybridized carbons (Fsp3) is 0.235. The molecular weight excluding hydrogens is 394 g/mol. The first-order chi connectivity index (χ1) is 12.0. The quantitative estimate of drug-likeness (QED) is 0.578. The zero-order valence-electron chi connectivity index (χ0n) is 13.7. The number of thiazole rings is 2. The van der Waals surface area contributed by atoms with E-state index in [4.69, 9.17) is 11.6 Å². The van der Waals surface area contributed by atoms with E-state index >= 15 is 0 Å². The number of hydrogen-bond acceptors (Lipinski definition) is 6. The van der Waals surface area contributed by atoms with E-state index in [0.717, 1.165) is 37.6 Å². The Morgan fingerprint density at radius 1 is 1.36 bits per heavy atom. The second-order valence-electron chi connectivity index (χ2n) is 5.36. The highest BCUT2D eigenvalue weighted by Crippen LogP contribution is 2.30. The molecule has 0 saturated carbocycles. The molecule has 0 bridgehead atoms. The third-order valence-corrected chi connectivity index (χ3v) is 6.79. The minimum atomic E-state index is -0.0963. The lowest BCUT2D eigenvalue weighted by molar-refractivity contribution is -0.115. The summed E-state index contributed by atoms with van der Waals surface area (Å²) < 4.78 is 1.12. The van der Waals surface area contributed by atoms with Gasteiger partial charge in [-0.1, -0.05) is 35.1 Å². The van der Waals surface area contributed by atoms with Crippen LogP contribution in [0.1, 0.15) is 22.0 Å². The summed E-state index contributed by atoms with van der Waals surface area (Å²) in [6.45, 7) is 1.94. The molecule has 2 heterocycles. The number of carbonyl (C=O) groups is 1. The molecule has 25 heavy (non-hydrogen) atoms. The van der Waals surface area contributed by atoms with Gasteiger partial charge in [-0.25, -0.2) is 9.97 Å². The highest BCUT2D eigenvalue weighted by Gasteiger charge is 2.12. The van der Waals surface area contributed by atoms with Gasteiger partial charge in [-0.05, 0) is 30.9 Å². The largest absolute Gasteiger partial charge is 0.302 e. The van der Waals surface area contributed by atoms with Gasteiger partial charge in [0.2, 0.25) is 5.91 Å². The molecular formula is C17H16ClN3OS3. The number of halogens is 1. The normalized spacial score (nSPS) is 10.8. The van der Waals surface area contributed by atoms with Crippen molar-refractivity contribution < 1.29 is 4.79 Å². The molecule has 0 saturated heterocycles. The van der Waals surface area contributed by atoms with Crippen molar-refractivity contribution in [2.24, 2.45) is 0 Å². The molecule has 8 heteroatoms. The van der Waals surface area contributed by atoms with Crippen molar-refractivity contribution in [1.29, 1.82) is 0 Å². The lowest BCUT2D eigenvalue weighted by Gasteiger charge is -2.00. The van der Waals surface area contributed by atoms with Crippen molar-refractivity contribution in [3.8, 4) is 0 Å². The van der Waals surface area contributed by atoms with Crippen molar-refractivity contribution in [2.45, 2.75) is 24.0 Å². The lowest BCUT2D eigenvalue weighted by Crippen LogP contribution is -2.14. The average Bonchev–Trinajstić information content (AvgIpc) is 3.13. The number of thioether (sulfide) groups is 1. The minimum Gasteiger partial charge on any atom is -0.302 e. The molecule has 3 aromatic rings. The average molecular weight is 410 g/mol. The summed E-state index contributed by atoms with van der Waals surface area (Å²) >= 11 is 10.7. The molecule has 2 aromatic heterocycles. The molecule has 3 rings (SSSR count). The molecule has 4 nitrogen and oxygen atoms in total. The van der Waals surface area contributed by atoms with E-state index in [0.29, 0.717) is 5.13 Å². The zero-order chi connectivity index (χ0) is 17.8. The molecule has 130 valence electrons. The standard InChI is InChI=1S/C17H16ClN3OS3/c1-10-16(23-2)25-17(19-10)21-14(22)8-13-9-24-15(20-13)7-11-4-3-5-12(18)6-11/h3-6,9H,7-8H2,1-2H3,(H,19,21,22). The Bertz CT molecular complexity index is 891. The number of benzene rings is 1. The molecule has 0 aliphatic heterocycles. The third kappa shape index (κ3) is 5.04. The predicted octanol–water partition coefficient (Wildman–Crippen LogP) is 5.06. The summed E-state index contributed by atoms with van der Waals surface area (Å²) in [5.41, 5.74) is 2.84. The van der Waals surface area contributed by atoms with Crippen LogP contribution in [0.2, 0.25) is 5.02 Å². The van der Waals surface area contributed by atoms with Crippen molar-refractivity contribution in [1.82, 2.24) is 9.97 Å². The Morgan fingerprint density at radius 3 is 2.92 bits per heavy atom. The van der Waals surface area contributed by atoms with Crippen LogP contribution in [0, 0.1) is 6.92 Å². The van der Waals surface area contributed by atoms with E-state index < -0.39 is 0 Å². The second-order valence-corrected chi connectivity index (χ2v) is 8.81. The highest BCUT2D eigenvalue weighted by molar-refractivity contribution is 8.00. The molecule has 0 radical (unpaired) electrons. The molecule has 0 aliphatic carbocycles. The van der Waals surface area contributed by atoms with Crippen LogP contribution in [0.15, 0.2) is 33.9 Å². The van der Waals surface area contributed by atoms with Crippen LogP contribution in [0.4, 0.5) is 5.13 Å². The summed E-state index contributed by atoms with van der Waals surface area (Å²) in [6, 6.07) is 7.74. The summed E-state index contributed by atoms with van der Waals surface area (Å²) in [5, 5.41) is 7.12. The zero-order valence-corrected chi connectivity index (χ0v) is 16.9. The predicted molar refractivity (Wildman–Crippen MR) is 107 cm³/mol. The summed E-state index contributed by atoms with van der Waals surface area (Å²) in [7, 11) is 0. The maximum atomic E-state index is 12.2. The fourth-order valence-electron chi connectivity index (χ4n) is 2.29. The van der Waals surface area contributed by atoms with Gasteiger partial charge in [0.1, 0.15) is 0 Å². The summed E-state index contributed by atoms with van der Waals surface area (Å²) in [4.78, 5) is 21.1. The van der Waals surface area contributed by atoms with E-state index in [-0.39, 0.29) is 12.3 Å². The number of hydrogen-bond donors (Lipinski definition) is 1. The first-order valence-electron chi connectivity index (χ1n) is 7.52. The Morgan fingerprint density at radius 2 is 2.20 bits per heavy atom. The van der Waals surface area contributed by atoms with E-state index in [1.165, 1.54) is 11.3 Å². The van der Waals surface area contributed by atoms with Crippen molar-refractivity contribution >= 4 is 57.1 Å². The van der Waals surface area contributed by atoms with Crippen LogP contribution in [0.25, 0.3) is 0 Å². The van der Waals surface area contributed by atoms with Crippen molar-refractivity contribution in [2.75, 3.05) is 11.6 Å². The number of rotatable bonds is 6. The van der Waals surface area contributed by atoms with Gasteiger partial charge in [0.15, 0.2) is 5.13 Å². The SMILES string of the molecule is CSc1sc(NC(=O)Cc2csc(Cc3cccc(Cl)c3)n2)nc1C. The summed E-state index contributed by atoms with van der Waals surface area (Å²) in [6.07, 6.45) is 2.97. The van der Waals surface area contributed by atoms with Gasteiger partial charge in [0.25, 0.3) is 0 Å². The molecule has 0 atom stereocenters. The van der Waals surface area contributed by atoms with Gasteiger partial charge in [-0.2, -0.15) is 0 Å². The minimum absolute atomic E-state index is 0.0963. The smallest absolute Gasteiger partial charge is 0.232 e. The highest BCUT2D eigenvalue weighted by atomic mass is 35.5. The number of anilines is 1. The van der Waals surface area contributed by atoms with Crippen LogP contribution < -0.4 is 5.32 Å². The van der Waals surface area contributed by atoms with Crippen LogP contribution in [0.5, 0.6) is 0 Å². The van der Waals surface area contributed by atoms with Crippen LogP contribution in [0.3, 0.4) is 0 Å². The molecule has 1 N–H and O–H groups in total. The maximum absolute atomic E-state index is 12.2. The third-order valence-electron chi connectivity index (χ3n) is 3.37. The fourth-order valence-corrected chi connectivity index (χ4v) is 4.95. The van der Waals surface area contributed by atoms with E-state index in [1.807, 2.05) is 42.8 Å². The topological polar surface area (TPSA) is 54.9 Å². The number of nitrogens with zero attached hydrogens (tertiary/aromatic N) is 2. The van der Waals surface area contributed by atoms with E-state index in [2.05, 4.69) is 15.3 Å². The van der Waals surface area contributed by atoms with Gasteiger partial charge in [-0.3, -0.25) is 4.79 Å². The van der Waals surface area contributed by atoms with Gasteiger partial charge >= 0.3 is 0 Å². The number of amides is 1. The molecule has 0 spiro atoms. The molecule has 1 amide bonds. The van der Waals surface area contributed by atoms with E-state index in [1.54, 1.807) is 23.1 Å². The van der Waals surface area contributed by atoms with Crippen LogP contribution in [-0.2, 0) is 17.6 Å². The molecule has 0 unspecified atom stereocenters. The van der Waals surface area contributed by atoms with Gasteiger partial charge in [-0.15, -0.1) is 23.1 Å². The maximum Gasteiger partial charge on any atom is 0.232 e. The Labute approximate surface area is 163 Å². The van der Waals surface area contributed by atoms with Gasteiger partial charge in [0, 0.05) is 16.8 Å². The Kier molecular flexibility index (Phi) is 6.11. The van der Waals surface area contributed by atoms with Gasteiger partial charge < -0.3 is 5.32 Å². The van der Waals surface area contributed by atoms with Crippen LogP contribution in [-0.4, -0.2) is 22.1 Å². The van der Waals surface area contributed by atoms with Crippen molar-refractivity contribution in [3.63, 3.8) is 0 Å². The monoisotopic (exact) mass is 409 g/mol. The first kappa shape index (κ1) is 18.4. The lowest BCUT2D eigenvalue weighted by atomic mass is 10.2. The number of aryl methyl sites for hydroxylation is 1. The number of carbonyl (C=O) groups excluding carboxylic acids is 1. The number of aromatic nitrogens is 2. The summed E-state index contributed by atoms with van der Waals surface area (Å²) in [5.74, 6) is -0.0963. The Balaban J connectivity index is 1.59. The molecule has 1 aromatic carbocycles. The van der Waals surface area contributed by atoms with Crippen LogP contribution >= 0.6 is 46.0 Å². The Hall–Kier alpha value is -1.41. The van der Waals surface area contributed by atoms with Gasteiger partial charge in [0.05, 0.1) is 27.0 Å².